The van der Waals surface area contributed by atoms with Gasteiger partial charge in [0, 0.05) is 17.7 Å². The normalized spacial score (nSPS) is 17.4. The van der Waals surface area contributed by atoms with Crippen LogP contribution in [0, 0.1) is 6.92 Å². The van der Waals surface area contributed by atoms with Crippen molar-refractivity contribution in [2.45, 2.75) is 25.4 Å². The van der Waals surface area contributed by atoms with Crippen molar-refractivity contribution in [1.29, 1.82) is 0 Å². The summed E-state index contributed by atoms with van der Waals surface area (Å²) in [6.07, 6.45) is 1.50. The third kappa shape index (κ3) is 1.49. The monoisotopic (exact) mass is 230 g/mol. The van der Waals surface area contributed by atoms with Crippen LogP contribution in [0.25, 0.3) is 0 Å². The van der Waals surface area contributed by atoms with Gasteiger partial charge >= 0.3 is 0 Å². The molecule has 0 saturated carbocycles. The number of hydrogen-bond donors (Lipinski definition) is 1. The summed E-state index contributed by atoms with van der Waals surface area (Å²) in [4.78, 5) is 1.26. The van der Waals surface area contributed by atoms with Crippen LogP contribution in [0.15, 0.2) is 35.7 Å². The molecule has 1 aromatic carbocycles. The lowest BCUT2D eigenvalue weighted by molar-refractivity contribution is 0.0486. The molecular weight excluding hydrogens is 216 g/mol. The van der Waals surface area contributed by atoms with Crippen molar-refractivity contribution in [2.75, 3.05) is 0 Å². The van der Waals surface area contributed by atoms with Crippen molar-refractivity contribution in [1.82, 2.24) is 0 Å². The maximum atomic E-state index is 10.7. The Morgan fingerprint density at radius 1 is 1.19 bits per heavy atom. The second-order valence-corrected chi connectivity index (χ2v) is 5.72. The molecule has 0 fully saturated rings. The summed E-state index contributed by atoms with van der Waals surface area (Å²) in [5, 5.41) is 12.8. The molecule has 1 heterocycles. The van der Waals surface area contributed by atoms with Gasteiger partial charge in [0.15, 0.2) is 0 Å². The molecule has 1 N–H and O–H groups in total. The van der Waals surface area contributed by atoms with Crippen molar-refractivity contribution >= 4 is 11.3 Å². The number of benzene rings is 1. The summed E-state index contributed by atoms with van der Waals surface area (Å²) in [6, 6.07) is 10.4. The number of rotatable bonds is 1. The SMILES string of the molecule is Cc1cc(C2(O)Cc3ccccc3C2)cs1. The summed E-state index contributed by atoms with van der Waals surface area (Å²) < 4.78 is 0. The van der Waals surface area contributed by atoms with Crippen LogP contribution in [-0.2, 0) is 18.4 Å². The maximum absolute atomic E-state index is 10.7. The van der Waals surface area contributed by atoms with Crippen molar-refractivity contribution in [3.05, 3.63) is 57.3 Å². The fourth-order valence-electron chi connectivity index (χ4n) is 2.49. The van der Waals surface area contributed by atoms with Crippen LogP contribution in [0.2, 0.25) is 0 Å². The molecule has 16 heavy (non-hydrogen) atoms. The van der Waals surface area contributed by atoms with Gasteiger partial charge in [-0.2, -0.15) is 0 Å². The van der Waals surface area contributed by atoms with Crippen LogP contribution in [-0.4, -0.2) is 5.11 Å². The second kappa shape index (κ2) is 3.44. The zero-order valence-corrected chi connectivity index (χ0v) is 10.1. The van der Waals surface area contributed by atoms with Crippen molar-refractivity contribution in [3.8, 4) is 0 Å². The Bertz CT molecular complexity index is 502. The van der Waals surface area contributed by atoms with E-state index in [1.165, 1.54) is 16.0 Å². The fourth-order valence-corrected chi connectivity index (χ4v) is 3.28. The molecule has 2 aromatic rings. The molecular formula is C14H14OS. The minimum Gasteiger partial charge on any atom is -0.384 e. The molecule has 0 saturated heterocycles. The molecule has 0 spiro atoms. The number of hydrogen-bond acceptors (Lipinski definition) is 2. The molecule has 82 valence electrons. The lowest BCUT2D eigenvalue weighted by Gasteiger charge is -2.20. The Morgan fingerprint density at radius 2 is 1.81 bits per heavy atom. The van der Waals surface area contributed by atoms with E-state index in [0.717, 1.165) is 18.4 Å². The first-order valence-electron chi connectivity index (χ1n) is 5.52. The van der Waals surface area contributed by atoms with Crippen LogP contribution in [0.3, 0.4) is 0 Å². The van der Waals surface area contributed by atoms with Crippen molar-refractivity contribution in [3.63, 3.8) is 0 Å². The van der Waals surface area contributed by atoms with Gasteiger partial charge in [-0.1, -0.05) is 24.3 Å². The Balaban J connectivity index is 2.00. The minimum atomic E-state index is -0.672. The largest absolute Gasteiger partial charge is 0.384 e. The Labute approximate surface area is 99.4 Å². The van der Waals surface area contributed by atoms with Gasteiger partial charge in [-0.3, -0.25) is 0 Å². The van der Waals surface area contributed by atoms with Crippen LogP contribution in [0.4, 0.5) is 0 Å². The van der Waals surface area contributed by atoms with E-state index in [9.17, 15) is 5.11 Å². The average molecular weight is 230 g/mol. The van der Waals surface area contributed by atoms with E-state index < -0.39 is 5.60 Å². The molecule has 1 aliphatic rings. The highest BCUT2D eigenvalue weighted by Gasteiger charge is 2.36. The minimum absolute atomic E-state index is 0.672. The molecule has 0 bridgehead atoms. The van der Waals surface area contributed by atoms with Gasteiger partial charge in [0.1, 0.15) is 0 Å². The second-order valence-electron chi connectivity index (χ2n) is 4.60. The van der Waals surface area contributed by atoms with Crippen LogP contribution >= 0.6 is 11.3 Å². The molecule has 1 aliphatic carbocycles. The van der Waals surface area contributed by atoms with Crippen LogP contribution in [0.1, 0.15) is 21.6 Å². The third-order valence-corrected chi connectivity index (χ3v) is 4.21. The van der Waals surface area contributed by atoms with Gasteiger partial charge in [-0.05, 0) is 35.1 Å². The first kappa shape index (κ1) is 10.1. The van der Waals surface area contributed by atoms with Gasteiger partial charge < -0.3 is 5.11 Å². The number of thiophene rings is 1. The lowest BCUT2D eigenvalue weighted by Crippen LogP contribution is -2.25. The molecule has 0 aliphatic heterocycles. The topological polar surface area (TPSA) is 20.2 Å². The maximum Gasteiger partial charge on any atom is 0.0985 e. The summed E-state index contributed by atoms with van der Waals surface area (Å²) in [5.74, 6) is 0. The highest BCUT2D eigenvalue weighted by molar-refractivity contribution is 7.10. The van der Waals surface area contributed by atoms with Gasteiger partial charge in [-0.25, -0.2) is 0 Å². The van der Waals surface area contributed by atoms with E-state index in [2.05, 4.69) is 30.5 Å². The third-order valence-electron chi connectivity index (χ3n) is 3.35. The van der Waals surface area contributed by atoms with Gasteiger partial charge in [-0.15, -0.1) is 11.3 Å². The number of fused-ring (bicyclic) bond motifs is 1. The predicted octanol–water partition coefficient (Wildman–Crippen LogP) is 3.04. The zero-order chi connectivity index (χ0) is 11.2. The molecule has 2 heteroatoms. The quantitative estimate of drug-likeness (QED) is 0.798. The highest BCUT2D eigenvalue weighted by atomic mass is 32.1. The summed E-state index contributed by atoms with van der Waals surface area (Å²) in [7, 11) is 0. The van der Waals surface area contributed by atoms with E-state index >= 15 is 0 Å². The summed E-state index contributed by atoms with van der Waals surface area (Å²) in [5.41, 5.74) is 2.97. The molecule has 1 nitrogen and oxygen atoms in total. The Kier molecular flexibility index (Phi) is 2.16. The number of aliphatic hydroxyl groups is 1. The predicted molar refractivity (Wildman–Crippen MR) is 66.8 cm³/mol. The van der Waals surface area contributed by atoms with E-state index in [1.54, 1.807) is 11.3 Å². The summed E-state index contributed by atoms with van der Waals surface area (Å²) >= 11 is 1.71. The smallest absolute Gasteiger partial charge is 0.0985 e. The van der Waals surface area contributed by atoms with Crippen molar-refractivity contribution < 1.29 is 5.11 Å². The molecule has 1 aromatic heterocycles. The van der Waals surface area contributed by atoms with E-state index in [1.807, 2.05) is 12.1 Å². The lowest BCUT2D eigenvalue weighted by atomic mass is 9.93. The molecule has 0 unspecified atom stereocenters. The van der Waals surface area contributed by atoms with Gasteiger partial charge in [0.05, 0.1) is 5.60 Å². The molecule has 3 rings (SSSR count). The molecule has 0 amide bonds. The first-order chi connectivity index (χ1) is 7.67. The average Bonchev–Trinajstić information content (AvgIpc) is 2.81. The Hall–Kier alpha value is -1.12. The van der Waals surface area contributed by atoms with Crippen LogP contribution < -0.4 is 0 Å². The molecule has 0 atom stereocenters. The molecule has 0 radical (unpaired) electrons. The fraction of sp³-hybridized carbons (Fsp3) is 0.286. The van der Waals surface area contributed by atoms with Gasteiger partial charge in [0.25, 0.3) is 0 Å². The van der Waals surface area contributed by atoms with Gasteiger partial charge in [0.2, 0.25) is 0 Å². The van der Waals surface area contributed by atoms with E-state index in [4.69, 9.17) is 0 Å². The first-order valence-corrected chi connectivity index (χ1v) is 6.40. The highest BCUT2D eigenvalue weighted by Crippen LogP contribution is 2.38. The van der Waals surface area contributed by atoms with E-state index in [0.29, 0.717) is 0 Å². The Morgan fingerprint density at radius 3 is 2.31 bits per heavy atom. The standard InChI is InChI=1S/C14H14OS/c1-10-6-13(9-16-10)14(15)7-11-4-2-3-5-12(11)8-14/h2-6,9,15H,7-8H2,1H3. The summed E-state index contributed by atoms with van der Waals surface area (Å²) in [6.45, 7) is 2.08. The number of aryl methyl sites for hydroxylation is 1. The van der Waals surface area contributed by atoms with Crippen LogP contribution in [0.5, 0.6) is 0 Å². The zero-order valence-electron chi connectivity index (χ0n) is 9.23. The van der Waals surface area contributed by atoms with E-state index in [-0.39, 0.29) is 0 Å². The van der Waals surface area contributed by atoms with Crippen molar-refractivity contribution in [2.24, 2.45) is 0 Å².